The first kappa shape index (κ1) is 23.7. The number of rotatable bonds is 4. The first-order valence-electron chi connectivity index (χ1n) is 11.5. The van der Waals surface area contributed by atoms with Crippen LogP contribution in [0.4, 0.5) is 10.5 Å². The molecule has 4 rings (SSSR count). The predicted molar refractivity (Wildman–Crippen MR) is 119 cm³/mol. The zero-order valence-electron chi connectivity index (χ0n) is 19.0. The number of aliphatic hydroxyl groups is 1. The number of anilines is 1. The van der Waals surface area contributed by atoms with Gasteiger partial charge in [0, 0.05) is 18.8 Å². The SMILES string of the molecule is COc1ccc(NC(=O)N2C[C@H](O)COC[C@@H]3O[C@@H](CC(=O)N4CCOCC4)CC[C@H]32)cc1. The predicted octanol–water partition coefficient (Wildman–Crippen LogP) is 1.09. The van der Waals surface area contributed by atoms with Crippen molar-refractivity contribution in [3.8, 4) is 5.75 Å². The van der Waals surface area contributed by atoms with Crippen LogP contribution in [0.1, 0.15) is 19.3 Å². The van der Waals surface area contributed by atoms with Crippen molar-refractivity contribution in [2.24, 2.45) is 0 Å². The fraction of sp³-hybridized carbons (Fsp3) is 0.652. The minimum Gasteiger partial charge on any atom is -0.497 e. The Balaban J connectivity index is 1.40. The summed E-state index contributed by atoms with van der Waals surface area (Å²) in [5, 5.41) is 13.2. The van der Waals surface area contributed by atoms with Gasteiger partial charge in [-0.15, -0.1) is 0 Å². The highest BCUT2D eigenvalue weighted by atomic mass is 16.5. The molecule has 0 aliphatic carbocycles. The first-order valence-corrected chi connectivity index (χ1v) is 11.5. The Bertz CT molecular complexity index is 800. The number of β-amino-alcohol motifs (C(OH)–C–C–N with tert-alkyl or cyclic N) is 1. The van der Waals surface area contributed by atoms with Gasteiger partial charge in [-0.3, -0.25) is 4.79 Å². The Morgan fingerprint density at radius 3 is 2.61 bits per heavy atom. The molecule has 3 heterocycles. The summed E-state index contributed by atoms with van der Waals surface area (Å²) in [5.41, 5.74) is 0.635. The smallest absolute Gasteiger partial charge is 0.322 e. The summed E-state index contributed by atoms with van der Waals surface area (Å²) in [6, 6.07) is 6.52. The number of benzene rings is 1. The van der Waals surface area contributed by atoms with Crippen LogP contribution in [0, 0.1) is 0 Å². The molecule has 3 amide bonds. The molecule has 1 aromatic rings. The third-order valence-electron chi connectivity index (χ3n) is 6.35. The maximum absolute atomic E-state index is 13.2. The first-order chi connectivity index (χ1) is 16.0. The standard InChI is InChI=1S/C23H33N3O7/c1-30-18-4-2-16(3-5-18)24-23(29)26-13-17(27)14-32-15-21-20(26)7-6-19(33-21)12-22(28)25-8-10-31-11-9-25/h2-5,17,19-21,27H,6-15H2,1H3,(H,24,29)/t17-,19+,20+,21-/m0/s1. The topological polar surface area (TPSA) is 110 Å². The number of fused-ring (bicyclic) bond motifs is 1. The molecule has 3 fully saturated rings. The van der Waals surface area contributed by atoms with Gasteiger partial charge in [-0.2, -0.15) is 0 Å². The molecule has 0 bridgehead atoms. The van der Waals surface area contributed by atoms with Crippen LogP contribution in [0.25, 0.3) is 0 Å². The van der Waals surface area contributed by atoms with Crippen LogP contribution < -0.4 is 10.1 Å². The van der Waals surface area contributed by atoms with Crippen LogP contribution in [0.2, 0.25) is 0 Å². The highest BCUT2D eigenvalue weighted by Crippen LogP contribution is 2.29. The van der Waals surface area contributed by atoms with Gasteiger partial charge in [-0.25, -0.2) is 4.79 Å². The lowest BCUT2D eigenvalue weighted by molar-refractivity contribution is -0.156. The lowest BCUT2D eigenvalue weighted by Gasteiger charge is -2.44. The zero-order valence-corrected chi connectivity index (χ0v) is 19.0. The number of hydrogen-bond acceptors (Lipinski definition) is 7. The van der Waals surface area contributed by atoms with Crippen molar-refractivity contribution in [2.45, 2.75) is 43.6 Å². The van der Waals surface area contributed by atoms with Crippen molar-refractivity contribution < 1.29 is 33.6 Å². The third-order valence-corrected chi connectivity index (χ3v) is 6.35. The number of carbonyl (C=O) groups is 2. The quantitative estimate of drug-likeness (QED) is 0.688. The number of carbonyl (C=O) groups excluding carboxylic acids is 2. The molecule has 33 heavy (non-hydrogen) atoms. The van der Waals surface area contributed by atoms with Crippen molar-refractivity contribution >= 4 is 17.6 Å². The van der Waals surface area contributed by atoms with E-state index < -0.39 is 6.10 Å². The number of hydrogen-bond donors (Lipinski definition) is 2. The molecule has 0 radical (unpaired) electrons. The van der Waals surface area contributed by atoms with Crippen molar-refractivity contribution in [1.82, 2.24) is 9.80 Å². The average Bonchev–Trinajstić information content (AvgIpc) is 2.83. The summed E-state index contributed by atoms with van der Waals surface area (Å²) in [7, 11) is 1.59. The number of ether oxygens (including phenoxy) is 4. The molecule has 10 nitrogen and oxygen atoms in total. The van der Waals surface area contributed by atoms with Crippen LogP contribution in [0.3, 0.4) is 0 Å². The molecule has 0 aromatic heterocycles. The highest BCUT2D eigenvalue weighted by molar-refractivity contribution is 5.89. The Morgan fingerprint density at radius 1 is 1.12 bits per heavy atom. The third kappa shape index (κ3) is 6.14. The molecule has 1 aromatic carbocycles. The number of nitrogens with zero attached hydrogens (tertiary/aromatic N) is 2. The lowest BCUT2D eigenvalue weighted by Crippen LogP contribution is -2.58. The maximum Gasteiger partial charge on any atom is 0.322 e. The van der Waals surface area contributed by atoms with Gasteiger partial charge in [0.2, 0.25) is 5.91 Å². The second kappa shape index (κ2) is 11.1. The second-order valence-corrected chi connectivity index (χ2v) is 8.64. The van der Waals surface area contributed by atoms with Gasteiger partial charge in [-0.05, 0) is 37.1 Å². The zero-order chi connectivity index (χ0) is 23.2. The summed E-state index contributed by atoms with van der Waals surface area (Å²) >= 11 is 0. The molecular formula is C23H33N3O7. The summed E-state index contributed by atoms with van der Waals surface area (Å²) in [4.78, 5) is 29.3. The molecule has 3 saturated heterocycles. The van der Waals surface area contributed by atoms with E-state index in [1.54, 1.807) is 36.3 Å². The van der Waals surface area contributed by atoms with Crippen LogP contribution in [-0.2, 0) is 19.0 Å². The number of morpholine rings is 1. The average molecular weight is 464 g/mol. The van der Waals surface area contributed by atoms with E-state index in [0.717, 1.165) is 0 Å². The van der Waals surface area contributed by atoms with Gasteiger partial charge in [0.05, 0.1) is 64.8 Å². The van der Waals surface area contributed by atoms with Crippen LogP contribution >= 0.6 is 0 Å². The van der Waals surface area contributed by atoms with Crippen molar-refractivity contribution in [3.63, 3.8) is 0 Å². The van der Waals surface area contributed by atoms with E-state index in [1.807, 2.05) is 4.90 Å². The fourth-order valence-corrected chi connectivity index (χ4v) is 4.58. The van der Waals surface area contributed by atoms with Crippen molar-refractivity contribution in [3.05, 3.63) is 24.3 Å². The number of urea groups is 1. The largest absolute Gasteiger partial charge is 0.497 e. The fourth-order valence-electron chi connectivity index (χ4n) is 4.58. The molecule has 3 aliphatic heterocycles. The second-order valence-electron chi connectivity index (χ2n) is 8.64. The van der Waals surface area contributed by atoms with Gasteiger partial charge < -0.3 is 39.2 Å². The van der Waals surface area contributed by atoms with Crippen LogP contribution in [0.15, 0.2) is 24.3 Å². The molecule has 10 heteroatoms. The summed E-state index contributed by atoms with van der Waals surface area (Å²) in [5.74, 6) is 0.767. The Morgan fingerprint density at radius 2 is 1.88 bits per heavy atom. The van der Waals surface area contributed by atoms with Crippen LogP contribution in [-0.4, -0.2) is 104 Å². The Kier molecular flexibility index (Phi) is 8.02. The summed E-state index contributed by atoms with van der Waals surface area (Å²) in [6.45, 7) is 2.87. The van der Waals surface area contributed by atoms with Gasteiger partial charge in [0.1, 0.15) is 11.9 Å². The molecule has 0 spiro atoms. The van der Waals surface area contributed by atoms with E-state index >= 15 is 0 Å². The minimum atomic E-state index is -0.784. The molecule has 2 N–H and O–H groups in total. The molecule has 0 unspecified atom stereocenters. The highest BCUT2D eigenvalue weighted by Gasteiger charge is 2.40. The van der Waals surface area contributed by atoms with E-state index in [1.165, 1.54) is 0 Å². The molecule has 0 saturated carbocycles. The van der Waals surface area contributed by atoms with Crippen LogP contribution in [0.5, 0.6) is 5.75 Å². The van der Waals surface area contributed by atoms with E-state index in [0.29, 0.717) is 57.0 Å². The number of nitrogens with one attached hydrogen (secondary N) is 1. The minimum absolute atomic E-state index is 0.0676. The normalized spacial score (nSPS) is 28.3. The Hall–Kier alpha value is -2.40. The number of aliphatic hydroxyl groups excluding tert-OH is 1. The molecule has 4 atom stereocenters. The van der Waals surface area contributed by atoms with Crippen molar-refractivity contribution in [2.75, 3.05) is 58.5 Å². The maximum atomic E-state index is 13.2. The van der Waals surface area contributed by atoms with Gasteiger partial charge >= 0.3 is 6.03 Å². The van der Waals surface area contributed by atoms with E-state index in [-0.39, 0.29) is 49.9 Å². The molecule has 182 valence electrons. The molecular weight excluding hydrogens is 430 g/mol. The summed E-state index contributed by atoms with van der Waals surface area (Å²) < 4.78 is 22.4. The summed E-state index contributed by atoms with van der Waals surface area (Å²) in [6.07, 6.45) is 0.256. The van der Waals surface area contributed by atoms with E-state index in [2.05, 4.69) is 5.32 Å². The lowest BCUT2D eigenvalue weighted by atomic mass is 9.94. The van der Waals surface area contributed by atoms with Gasteiger partial charge in [-0.1, -0.05) is 0 Å². The van der Waals surface area contributed by atoms with E-state index in [9.17, 15) is 14.7 Å². The number of methoxy groups -OCH3 is 1. The Labute approximate surface area is 193 Å². The van der Waals surface area contributed by atoms with Gasteiger partial charge in [0.15, 0.2) is 0 Å². The monoisotopic (exact) mass is 463 g/mol. The van der Waals surface area contributed by atoms with E-state index in [4.69, 9.17) is 18.9 Å². The molecule has 3 aliphatic rings. The van der Waals surface area contributed by atoms with Crippen molar-refractivity contribution in [1.29, 1.82) is 0 Å². The number of amides is 3. The van der Waals surface area contributed by atoms with Gasteiger partial charge in [0.25, 0.3) is 0 Å².